The lowest BCUT2D eigenvalue weighted by Gasteiger charge is -2.27. The Balaban J connectivity index is 1.64. The van der Waals surface area contributed by atoms with E-state index >= 15 is 0 Å². The van der Waals surface area contributed by atoms with Gasteiger partial charge < -0.3 is 15.6 Å². The fourth-order valence-corrected chi connectivity index (χ4v) is 5.40. The van der Waals surface area contributed by atoms with E-state index in [9.17, 15) is 18.0 Å². The highest BCUT2D eigenvalue weighted by Crippen LogP contribution is 2.24. The molecular weight excluding hydrogens is 422 g/mol. The summed E-state index contributed by atoms with van der Waals surface area (Å²) in [5.74, 6) is -0.477. The predicted molar refractivity (Wildman–Crippen MR) is 114 cm³/mol. The fraction of sp³-hybridized carbons (Fsp3) is 0.450. The molecule has 2 amide bonds. The highest BCUT2D eigenvalue weighted by molar-refractivity contribution is 7.89. The lowest BCUT2D eigenvalue weighted by molar-refractivity contribution is -0.120. The van der Waals surface area contributed by atoms with Crippen LogP contribution in [0.25, 0.3) is 0 Å². The number of nitrogens with zero attached hydrogens (tertiary/aromatic N) is 3. The molecule has 11 heteroatoms. The standard InChI is InChI=1S/C20H27N5O5S/c1-13-18(15(3)30-23-13)31(28,29)25-10-4-9-24(11-12-25)14(2)20(27)22-17-7-5-16(6-8-17)19(21)26/h5-8,14H,4,9-12H2,1-3H3,(H2,21,26)(H,22,27)/t14-/m1/s1. The van der Waals surface area contributed by atoms with E-state index in [1.54, 1.807) is 45.0 Å². The summed E-state index contributed by atoms with van der Waals surface area (Å²) in [6, 6.07) is 5.87. The Morgan fingerprint density at radius 3 is 2.39 bits per heavy atom. The molecule has 1 aliphatic heterocycles. The van der Waals surface area contributed by atoms with E-state index in [0.717, 1.165) is 0 Å². The third-order valence-corrected chi connectivity index (χ3v) is 7.56. The van der Waals surface area contributed by atoms with Crippen LogP contribution in [0.4, 0.5) is 5.69 Å². The van der Waals surface area contributed by atoms with Gasteiger partial charge >= 0.3 is 0 Å². The van der Waals surface area contributed by atoms with Crippen LogP contribution in [0.1, 0.15) is 35.2 Å². The number of nitrogens with two attached hydrogens (primary N) is 1. The Morgan fingerprint density at radius 2 is 1.81 bits per heavy atom. The third-order valence-electron chi connectivity index (χ3n) is 5.42. The number of hydrogen-bond donors (Lipinski definition) is 2. The number of rotatable bonds is 6. The van der Waals surface area contributed by atoms with Crippen molar-refractivity contribution in [1.29, 1.82) is 0 Å². The van der Waals surface area contributed by atoms with E-state index in [1.165, 1.54) is 4.31 Å². The first kappa shape index (κ1) is 22.9. The van der Waals surface area contributed by atoms with E-state index in [1.807, 2.05) is 4.90 Å². The fourth-order valence-electron chi connectivity index (χ4n) is 3.64. The van der Waals surface area contributed by atoms with Gasteiger partial charge in [0.05, 0.1) is 6.04 Å². The summed E-state index contributed by atoms with van der Waals surface area (Å²) in [5, 5.41) is 6.57. The van der Waals surface area contributed by atoms with Crippen molar-refractivity contribution < 1.29 is 22.5 Å². The SMILES string of the molecule is Cc1noc(C)c1S(=O)(=O)N1CCCN([C@H](C)C(=O)Nc2ccc(C(N)=O)cc2)CC1. The normalized spacial score (nSPS) is 17.1. The molecule has 2 heterocycles. The second kappa shape index (κ2) is 9.16. The van der Waals surface area contributed by atoms with E-state index < -0.39 is 22.0 Å². The molecule has 2 aromatic rings. The summed E-state index contributed by atoms with van der Waals surface area (Å²) in [7, 11) is -3.72. The second-order valence-electron chi connectivity index (χ2n) is 7.55. The van der Waals surface area contributed by atoms with Crippen molar-refractivity contribution in [1.82, 2.24) is 14.4 Å². The molecule has 1 atom stereocenters. The number of primary amides is 1. The van der Waals surface area contributed by atoms with Crippen molar-refractivity contribution in [2.75, 3.05) is 31.5 Å². The zero-order valence-corrected chi connectivity index (χ0v) is 18.6. The maximum atomic E-state index is 13.1. The van der Waals surface area contributed by atoms with Crippen molar-refractivity contribution in [3.8, 4) is 0 Å². The Labute approximate surface area is 181 Å². The molecule has 1 aliphatic rings. The Morgan fingerprint density at radius 1 is 1.13 bits per heavy atom. The van der Waals surface area contributed by atoms with Crippen LogP contribution in [-0.4, -0.2) is 66.8 Å². The number of carbonyl (C=O) groups excluding carboxylic acids is 2. The van der Waals surface area contributed by atoms with Gasteiger partial charge in [0.2, 0.25) is 21.8 Å². The van der Waals surface area contributed by atoms with Gasteiger partial charge in [-0.15, -0.1) is 0 Å². The molecule has 31 heavy (non-hydrogen) atoms. The molecule has 10 nitrogen and oxygen atoms in total. The number of sulfonamides is 1. The smallest absolute Gasteiger partial charge is 0.248 e. The molecule has 168 valence electrons. The number of anilines is 1. The summed E-state index contributed by atoms with van der Waals surface area (Å²) < 4.78 is 32.6. The quantitative estimate of drug-likeness (QED) is 0.673. The first-order valence-electron chi connectivity index (χ1n) is 9.99. The van der Waals surface area contributed by atoms with Crippen LogP contribution in [0.3, 0.4) is 0 Å². The number of aromatic nitrogens is 1. The number of nitrogens with one attached hydrogen (secondary N) is 1. The van der Waals surface area contributed by atoms with Crippen LogP contribution in [-0.2, 0) is 14.8 Å². The molecule has 0 spiro atoms. The van der Waals surface area contributed by atoms with Gasteiger partial charge in [0.1, 0.15) is 10.6 Å². The summed E-state index contributed by atoms with van der Waals surface area (Å²) >= 11 is 0. The zero-order chi connectivity index (χ0) is 22.8. The molecule has 1 aromatic heterocycles. The highest BCUT2D eigenvalue weighted by atomic mass is 32.2. The predicted octanol–water partition coefficient (Wildman–Crippen LogP) is 1.11. The molecule has 0 unspecified atom stereocenters. The van der Waals surface area contributed by atoms with Crippen LogP contribution >= 0.6 is 0 Å². The second-order valence-corrected chi connectivity index (χ2v) is 9.43. The number of benzene rings is 1. The van der Waals surface area contributed by atoms with Gasteiger partial charge in [-0.25, -0.2) is 8.42 Å². The Hall–Kier alpha value is -2.76. The van der Waals surface area contributed by atoms with Crippen molar-refractivity contribution in [2.45, 2.75) is 38.1 Å². The van der Waals surface area contributed by atoms with Gasteiger partial charge in [-0.1, -0.05) is 5.16 Å². The van der Waals surface area contributed by atoms with Gasteiger partial charge in [-0.2, -0.15) is 4.31 Å². The zero-order valence-electron chi connectivity index (χ0n) is 17.8. The van der Waals surface area contributed by atoms with Crippen molar-refractivity contribution in [2.24, 2.45) is 5.73 Å². The topological polar surface area (TPSA) is 139 Å². The number of aryl methyl sites for hydroxylation is 2. The molecule has 0 bridgehead atoms. The average Bonchev–Trinajstić information content (AvgIpc) is 2.92. The molecule has 0 saturated carbocycles. The maximum Gasteiger partial charge on any atom is 0.248 e. The van der Waals surface area contributed by atoms with Gasteiger partial charge in [0.15, 0.2) is 5.76 Å². The summed E-state index contributed by atoms with van der Waals surface area (Å²) in [5.41, 5.74) is 6.48. The molecule has 0 radical (unpaired) electrons. The minimum atomic E-state index is -3.72. The molecule has 1 saturated heterocycles. The van der Waals surface area contributed by atoms with Crippen molar-refractivity contribution in [3.63, 3.8) is 0 Å². The number of amides is 2. The summed E-state index contributed by atoms with van der Waals surface area (Å²) in [6.07, 6.45) is 0.591. The van der Waals surface area contributed by atoms with Crippen LogP contribution in [0.15, 0.2) is 33.7 Å². The highest BCUT2D eigenvalue weighted by Gasteiger charge is 2.33. The average molecular weight is 450 g/mol. The van der Waals surface area contributed by atoms with Gasteiger partial charge in [-0.05, 0) is 51.5 Å². The van der Waals surface area contributed by atoms with Crippen molar-refractivity contribution in [3.05, 3.63) is 41.3 Å². The molecule has 1 fully saturated rings. The Kier molecular flexibility index (Phi) is 6.77. The van der Waals surface area contributed by atoms with Gasteiger partial charge in [-0.3, -0.25) is 14.5 Å². The Bertz CT molecular complexity index is 1040. The molecule has 0 aliphatic carbocycles. The number of carbonyl (C=O) groups is 2. The van der Waals surface area contributed by atoms with E-state index in [2.05, 4.69) is 10.5 Å². The first-order chi connectivity index (χ1) is 14.6. The van der Waals surface area contributed by atoms with Gasteiger partial charge in [0.25, 0.3) is 0 Å². The van der Waals surface area contributed by atoms with Crippen LogP contribution in [0.5, 0.6) is 0 Å². The lowest BCUT2D eigenvalue weighted by atomic mass is 10.2. The lowest BCUT2D eigenvalue weighted by Crippen LogP contribution is -2.44. The van der Waals surface area contributed by atoms with E-state index in [0.29, 0.717) is 43.0 Å². The molecular formula is C20H27N5O5S. The van der Waals surface area contributed by atoms with Crippen molar-refractivity contribution >= 4 is 27.5 Å². The largest absolute Gasteiger partial charge is 0.366 e. The van der Waals surface area contributed by atoms with Crippen LogP contribution < -0.4 is 11.1 Å². The molecule has 1 aromatic carbocycles. The number of hydrogen-bond acceptors (Lipinski definition) is 7. The van der Waals surface area contributed by atoms with E-state index in [-0.39, 0.29) is 23.1 Å². The van der Waals surface area contributed by atoms with Crippen LogP contribution in [0, 0.1) is 13.8 Å². The minimum Gasteiger partial charge on any atom is -0.366 e. The minimum absolute atomic E-state index is 0.117. The molecule has 3 rings (SSSR count). The summed E-state index contributed by atoms with van der Waals surface area (Å²) in [4.78, 5) is 25.9. The van der Waals surface area contributed by atoms with E-state index in [4.69, 9.17) is 10.3 Å². The first-order valence-corrected chi connectivity index (χ1v) is 11.4. The maximum absolute atomic E-state index is 13.1. The van der Waals surface area contributed by atoms with Gasteiger partial charge in [0, 0.05) is 37.4 Å². The molecule has 3 N–H and O–H groups in total. The third kappa shape index (κ3) is 4.94. The van der Waals surface area contributed by atoms with Crippen LogP contribution in [0.2, 0.25) is 0 Å². The monoisotopic (exact) mass is 449 g/mol. The summed E-state index contributed by atoms with van der Waals surface area (Å²) in [6.45, 7) is 6.59.